The Balaban J connectivity index is 2.56. The van der Waals surface area contributed by atoms with Crippen LogP contribution in [0.5, 0.6) is 5.75 Å². The topological polar surface area (TPSA) is 41.6 Å². The molecule has 0 spiro atoms. The summed E-state index contributed by atoms with van der Waals surface area (Å²) in [5.74, 6) is 1.08. The molecule has 0 radical (unpaired) electrons. The molecule has 1 atom stereocenters. The van der Waals surface area contributed by atoms with Crippen molar-refractivity contribution in [1.29, 1.82) is 0 Å². The number of ether oxygens (including phenoxy) is 1. The van der Waals surface area contributed by atoms with Crippen LogP contribution < -0.4 is 10.1 Å². The van der Waals surface area contributed by atoms with Crippen molar-refractivity contribution in [2.75, 3.05) is 27.7 Å². The number of methoxy groups -OCH3 is 1. The zero-order valence-corrected chi connectivity index (χ0v) is 13.0. The second kappa shape index (κ2) is 8.59. The first-order chi connectivity index (χ1) is 9.60. The fraction of sp³-hybridized carbons (Fsp3) is 0.562. The van der Waals surface area contributed by atoms with E-state index in [2.05, 4.69) is 18.3 Å². The van der Waals surface area contributed by atoms with E-state index in [4.69, 9.17) is 4.74 Å². The number of carbonyl (C=O) groups is 1. The molecule has 4 nitrogen and oxygen atoms in total. The van der Waals surface area contributed by atoms with Gasteiger partial charge in [0.2, 0.25) is 5.91 Å². The van der Waals surface area contributed by atoms with E-state index >= 15 is 0 Å². The maximum atomic E-state index is 12.1. The Hall–Kier alpha value is -1.55. The Morgan fingerprint density at radius 2 is 2.10 bits per heavy atom. The lowest BCUT2D eigenvalue weighted by Gasteiger charge is -2.25. The lowest BCUT2D eigenvalue weighted by molar-refractivity contribution is -0.131. The molecule has 0 aliphatic rings. The van der Waals surface area contributed by atoms with Gasteiger partial charge in [0, 0.05) is 19.5 Å². The molecule has 0 heterocycles. The van der Waals surface area contributed by atoms with Crippen molar-refractivity contribution < 1.29 is 9.53 Å². The Labute approximate surface area is 122 Å². The molecule has 1 N–H and O–H groups in total. The van der Waals surface area contributed by atoms with E-state index in [1.807, 2.05) is 37.2 Å². The van der Waals surface area contributed by atoms with E-state index in [0.717, 1.165) is 30.7 Å². The van der Waals surface area contributed by atoms with Crippen molar-refractivity contribution >= 4 is 5.91 Å². The number of rotatable bonds is 8. The number of nitrogens with one attached hydrogen (secondary N) is 1. The maximum absolute atomic E-state index is 12.1. The molecule has 1 aromatic carbocycles. The predicted molar refractivity (Wildman–Crippen MR) is 82.1 cm³/mol. The fourth-order valence-corrected chi connectivity index (χ4v) is 2.17. The van der Waals surface area contributed by atoms with Gasteiger partial charge in [-0.1, -0.05) is 18.2 Å². The molecular weight excluding hydrogens is 252 g/mol. The van der Waals surface area contributed by atoms with E-state index < -0.39 is 0 Å². The molecule has 1 unspecified atom stereocenters. The van der Waals surface area contributed by atoms with Crippen molar-refractivity contribution in [3.8, 4) is 5.75 Å². The van der Waals surface area contributed by atoms with Gasteiger partial charge in [-0.3, -0.25) is 4.79 Å². The third kappa shape index (κ3) is 4.85. The van der Waals surface area contributed by atoms with Gasteiger partial charge in [0.15, 0.2) is 0 Å². The molecular formula is C16H26N2O2. The van der Waals surface area contributed by atoms with Crippen LogP contribution in [-0.2, 0) is 11.2 Å². The van der Waals surface area contributed by atoms with Crippen LogP contribution in [0.1, 0.15) is 25.3 Å². The average Bonchev–Trinajstić information content (AvgIpc) is 2.47. The molecule has 0 saturated carbocycles. The van der Waals surface area contributed by atoms with Gasteiger partial charge in [-0.2, -0.15) is 0 Å². The zero-order chi connectivity index (χ0) is 15.0. The third-order valence-electron chi connectivity index (χ3n) is 3.58. The van der Waals surface area contributed by atoms with E-state index in [0.29, 0.717) is 6.42 Å². The zero-order valence-electron chi connectivity index (χ0n) is 13.0. The number of nitrogens with zero attached hydrogens (tertiary/aromatic N) is 1. The summed E-state index contributed by atoms with van der Waals surface area (Å²) in [6, 6.07) is 8.12. The van der Waals surface area contributed by atoms with Crippen molar-refractivity contribution in [2.45, 2.75) is 32.2 Å². The van der Waals surface area contributed by atoms with Gasteiger partial charge in [-0.05, 0) is 45.0 Å². The van der Waals surface area contributed by atoms with Crippen molar-refractivity contribution in [1.82, 2.24) is 10.2 Å². The number of amides is 1. The molecule has 112 valence electrons. The summed E-state index contributed by atoms with van der Waals surface area (Å²) in [7, 11) is 5.45. The monoisotopic (exact) mass is 278 g/mol. The second-order valence-corrected chi connectivity index (χ2v) is 5.08. The van der Waals surface area contributed by atoms with Crippen LogP contribution in [0.2, 0.25) is 0 Å². The number of carbonyl (C=O) groups excluding carboxylic acids is 1. The molecule has 0 saturated heterocycles. The van der Waals surface area contributed by atoms with Crippen LogP contribution in [0.3, 0.4) is 0 Å². The average molecular weight is 278 g/mol. The highest BCUT2D eigenvalue weighted by atomic mass is 16.5. The van der Waals surface area contributed by atoms with Gasteiger partial charge in [-0.15, -0.1) is 0 Å². The van der Waals surface area contributed by atoms with Crippen molar-refractivity contribution in [2.24, 2.45) is 0 Å². The molecule has 0 aliphatic carbocycles. The highest BCUT2D eigenvalue weighted by Crippen LogP contribution is 2.20. The molecule has 0 aromatic heterocycles. The minimum absolute atomic E-state index is 0.161. The van der Waals surface area contributed by atoms with Gasteiger partial charge in [0.25, 0.3) is 0 Å². The first kappa shape index (κ1) is 16.5. The lowest BCUT2D eigenvalue weighted by Crippen LogP contribution is -2.36. The molecule has 1 amide bonds. The highest BCUT2D eigenvalue weighted by Gasteiger charge is 2.17. The van der Waals surface area contributed by atoms with E-state index in [1.165, 1.54) is 0 Å². The van der Waals surface area contributed by atoms with Gasteiger partial charge in [0.1, 0.15) is 5.75 Å². The summed E-state index contributed by atoms with van der Waals surface area (Å²) in [5, 5.41) is 3.06. The first-order valence-corrected chi connectivity index (χ1v) is 7.12. The Morgan fingerprint density at radius 3 is 2.75 bits per heavy atom. The van der Waals surface area contributed by atoms with Crippen LogP contribution in [0, 0.1) is 0 Å². The predicted octanol–water partition coefficient (Wildman–Crippen LogP) is 2.08. The summed E-state index contributed by atoms with van der Waals surface area (Å²) >= 11 is 0. The number of likely N-dealkylation sites (N-methyl/N-ethyl adjacent to an activating group) is 1. The van der Waals surface area contributed by atoms with Crippen molar-refractivity contribution in [3.05, 3.63) is 29.8 Å². The van der Waals surface area contributed by atoms with E-state index in [-0.39, 0.29) is 11.9 Å². The Bertz CT molecular complexity index is 421. The number of hydrogen-bond acceptors (Lipinski definition) is 3. The second-order valence-electron chi connectivity index (χ2n) is 5.08. The lowest BCUT2D eigenvalue weighted by atomic mass is 10.0. The molecule has 1 rings (SSSR count). The normalized spacial score (nSPS) is 12.0. The molecule has 0 fully saturated rings. The largest absolute Gasteiger partial charge is 0.496 e. The molecule has 0 bridgehead atoms. The van der Waals surface area contributed by atoms with Gasteiger partial charge >= 0.3 is 0 Å². The Kier molecular flexibility index (Phi) is 7.09. The summed E-state index contributed by atoms with van der Waals surface area (Å²) in [6.07, 6.45) is 2.27. The van der Waals surface area contributed by atoms with Gasteiger partial charge < -0.3 is 15.0 Å². The van der Waals surface area contributed by atoms with Crippen LogP contribution in [-0.4, -0.2) is 44.6 Å². The van der Waals surface area contributed by atoms with E-state index in [1.54, 1.807) is 7.11 Å². The smallest absolute Gasteiger partial charge is 0.222 e. The highest BCUT2D eigenvalue weighted by molar-refractivity contribution is 5.76. The summed E-state index contributed by atoms with van der Waals surface area (Å²) in [6.45, 7) is 2.95. The van der Waals surface area contributed by atoms with Gasteiger partial charge in [0.05, 0.1) is 7.11 Å². The number of para-hydroxylation sites is 1. The quantitative estimate of drug-likeness (QED) is 0.740. The minimum atomic E-state index is 0.161. The van der Waals surface area contributed by atoms with Crippen molar-refractivity contribution in [3.63, 3.8) is 0 Å². The van der Waals surface area contributed by atoms with Gasteiger partial charge in [-0.25, -0.2) is 0 Å². The standard InChI is InChI=1S/C16H26N2O2/c1-13(18(3)16(19)10-7-11-17-2)12-14-8-5-6-9-15(14)20-4/h5-6,8-9,13,17H,7,10-12H2,1-4H3. The molecule has 20 heavy (non-hydrogen) atoms. The van der Waals surface area contributed by atoms with Crippen LogP contribution in [0.15, 0.2) is 24.3 Å². The first-order valence-electron chi connectivity index (χ1n) is 7.12. The summed E-state index contributed by atoms with van der Waals surface area (Å²) < 4.78 is 5.35. The molecule has 0 aliphatic heterocycles. The number of hydrogen-bond donors (Lipinski definition) is 1. The SMILES string of the molecule is CNCCCC(=O)N(C)C(C)Cc1ccccc1OC. The van der Waals surface area contributed by atoms with Crippen LogP contribution in [0.25, 0.3) is 0 Å². The maximum Gasteiger partial charge on any atom is 0.222 e. The number of benzene rings is 1. The third-order valence-corrected chi connectivity index (χ3v) is 3.58. The Morgan fingerprint density at radius 1 is 1.40 bits per heavy atom. The van der Waals surface area contributed by atoms with E-state index in [9.17, 15) is 4.79 Å². The molecule has 4 heteroatoms. The van der Waals surface area contributed by atoms with Crippen LogP contribution >= 0.6 is 0 Å². The van der Waals surface area contributed by atoms with Crippen LogP contribution in [0.4, 0.5) is 0 Å². The molecule has 1 aromatic rings. The summed E-state index contributed by atoms with van der Waals surface area (Å²) in [5.41, 5.74) is 1.14. The summed E-state index contributed by atoms with van der Waals surface area (Å²) in [4.78, 5) is 13.9. The fourth-order valence-electron chi connectivity index (χ4n) is 2.17. The minimum Gasteiger partial charge on any atom is -0.496 e.